The summed E-state index contributed by atoms with van der Waals surface area (Å²) in [6, 6.07) is -0.345. The van der Waals surface area contributed by atoms with Crippen molar-refractivity contribution in [1.82, 2.24) is 4.90 Å². The number of nitrogens with zero attached hydrogens (tertiary/aromatic N) is 1. The maximum atomic E-state index is 10.7. The van der Waals surface area contributed by atoms with E-state index in [4.69, 9.17) is 10.5 Å². The van der Waals surface area contributed by atoms with Crippen LogP contribution in [0.5, 0.6) is 0 Å². The van der Waals surface area contributed by atoms with Crippen LogP contribution in [0.4, 0.5) is 4.79 Å². The van der Waals surface area contributed by atoms with E-state index in [0.717, 1.165) is 13.2 Å². The van der Waals surface area contributed by atoms with Gasteiger partial charge in [0.1, 0.15) is 0 Å². The van der Waals surface area contributed by atoms with E-state index in [2.05, 4.69) is 0 Å². The molecule has 1 aliphatic heterocycles. The maximum absolute atomic E-state index is 10.7. The quantitative estimate of drug-likeness (QED) is 0.541. The van der Waals surface area contributed by atoms with Crippen LogP contribution in [0.3, 0.4) is 0 Å². The van der Waals surface area contributed by atoms with Crippen LogP contribution < -0.4 is 5.73 Å². The summed E-state index contributed by atoms with van der Waals surface area (Å²) in [5.74, 6) is 0.394. The average Bonchev–Trinajstić information content (AvgIpc) is 2.13. The average molecular weight is 158 g/mol. The Hall–Kier alpha value is -0.770. The predicted octanol–water partition coefficient (Wildman–Crippen LogP) is 0.0334. The fourth-order valence-electron chi connectivity index (χ4n) is 1.18. The van der Waals surface area contributed by atoms with Crippen LogP contribution in [0, 0.1) is 5.92 Å². The molecule has 0 radical (unpaired) electrons. The first-order chi connectivity index (χ1) is 5.20. The van der Waals surface area contributed by atoms with Crippen LogP contribution in [0.2, 0.25) is 0 Å². The lowest BCUT2D eigenvalue weighted by Crippen LogP contribution is -2.39. The van der Waals surface area contributed by atoms with Gasteiger partial charge in [-0.1, -0.05) is 6.92 Å². The van der Waals surface area contributed by atoms with E-state index < -0.39 is 0 Å². The number of rotatable bonds is 0. The molecule has 0 spiro atoms. The summed E-state index contributed by atoms with van der Waals surface area (Å²) < 4.78 is 5.24. The minimum absolute atomic E-state index is 0.345. The standard InChI is InChI=1S/C7H14N2O2/c1-6-4-9(7(8)10)2-3-11-5-6/h6H,2-5H2,1H3,(H2,8,10). The van der Waals surface area contributed by atoms with Gasteiger partial charge in [0.25, 0.3) is 0 Å². The first-order valence-corrected chi connectivity index (χ1v) is 3.82. The molecule has 1 saturated heterocycles. The predicted molar refractivity (Wildman–Crippen MR) is 41.1 cm³/mol. The van der Waals surface area contributed by atoms with Crippen molar-refractivity contribution in [3.8, 4) is 0 Å². The molecule has 64 valence electrons. The fraction of sp³-hybridized carbons (Fsp3) is 0.857. The lowest BCUT2D eigenvalue weighted by Gasteiger charge is -2.18. The molecule has 0 bridgehead atoms. The molecule has 1 heterocycles. The molecule has 1 unspecified atom stereocenters. The summed E-state index contributed by atoms with van der Waals surface area (Å²) in [5, 5.41) is 0. The van der Waals surface area contributed by atoms with Crippen molar-refractivity contribution in [3.05, 3.63) is 0 Å². The van der Waals surface area contributed by atoms with Crippen molar-refractivity contribution in [1.29, 1.82) is 0 Å². The monoisotopic (exact) mass is 158 g/mol. The Morgan fingerprint density at radius 1 is 1.73 bits per heavy atom. The van der Waals surface area contributed by atoms with Crippen molar-refractivity contribution in [2.75, 3.05) is 26.3 Å². The van der Waals surface area contributed by atoms with Crippen LogP contribution >= 0.6 is 0 Å². The van der Waals surface area contributed by atoms with Gasteiger partial charge < -0.3 is 15.4 Å². The Kier molecular flexibility index (Phi) is 2.70. The second-order valence-corrected chi connectivity index (χ2v) is 2.96. The van der Waals surface area contributed by atoms with E-state index in [1.165, 1.54) is 0 Å². The first kappa shape index (κ1) is 8.33. The van der Waals surface area contributed by atoms with E-state index in [9.17, 15) is 4.79 Å². The van der Waals surface area contributed by atoms with Crippen LogP contribution in [-0.4, -0.2) is 37.2 Å². The molecule has 0 aliphatic carbocycles. The summed E-state index contributed by atoms with van der Waals surface area (Å²) in [4.78, 5) is 12.4. The number of amides is 2. The van der Waals surface area contributed by atoms with Crippen LogP contribution in [0.25, 0.3) is 0 Å². The highest BCUT2D eigenvalue weighted by Crippen LogP contribution is 2.04. The normalized spacial score (nSPS) is 26.3. The molecule has 0 aromatic carbocycles. The Balaban J connectivity index is 2.45. The van der Waals surface area contributed by atoms with Crippen molar-refractivity contribution in [2.24, 2.45) is 11.7 Å². The van der Waals surface area contributed by atoms with E-state index in [0.29, 0.717) is 19.1 Å². The zero-order valence-electron chi connectivity index (χ0n) is 6.75. The Morgan fingerprint density at radius 2 is 2.45 bits per heavy atom. The number of hydrogen-bond donors (Lipinski definition) is 1. The van der Waals surface area contributed by atoms with Gasteiger partial charge in [0, 0.05) is 13.1 Å². The zero-order valence-corrected chi connectivity index (χ0v) is 6.75. The van der Waals surface area contributed by atoms with Crippen molar-refractivity contribution in [2.45, 2.75) is 6.92 Å². The summed E-state index contributed by atoms with van der Waals surface area (Å²) in [6.07, 6.45) is 0. The smallest absolute Gasteiger partial charge is 0.314 e. The lowest BCUT2D eigenvalue weighted by atomic mass is 10.2. The third-order valence-electron chi connectivity index (χ3n) is 1.75. The number of ether oxygens (including phenoxy) is 1. The Labute approximate surface area is 66.3 Å². The molecular weight excluding hydrogens is 144 g/mol. The SMILES string of the molecule is CC1COCCN(C(N)=O)C1. The number of primary amides is 1. The van der Waals surface area contributed by atoms with Gasteiger partial charge in [-0.15, -0.1) is 0 Å². The number of urea groups is 1. The van der Waals surface area contributed by atoms with Gasteiger partial charge >= 0.3 is 6.03 Å². The number of hydrogen-bond acceptors (Lipinski definition) is 2. The highest BCUT2D eigenvalue weighted by Gasteiger charge is 2.16. The maximum Gasteiger partial charge on any atom is 0.314 e. The Bertz CT molecular complexity index is 149. The van der Waals surface area contributed by atoms with Gasteiger partial charge in [-0.2, -0.15) is 0 Å². The largest absolute Gasteiger partial charge is 0.379 e. The van der Waals surface area contributed by atoms with E-state index in [1.807, 2.05) is 6.92 Å². The van der Waals surface area contributed by atoms with Gasteiger partial charge in [0.2, 0.25) is 0 Å². The van der Waals surface area contributed by atoms with E-state index in [1.54, 1.807) is 4.90 Å². The number of carbonyl (C=O) groups excluding carboxylic acids is 1. The molecule has 0 aromatic rings. The lowest BCUT2D eigenvalue weighted by molar-refractivity contribution is 0.126. The van der Waals surface area contributed by atoms with Gasteiger partial charge in [-0.3, -0.25) is 0 Å². The van der Waals surface area contributed by atoms with Crippen molar-refractivity contribution < 1.29 is 9.53 Å². The van der Waals surface area contributed by atoms with Crippen molar-refractivity contribution >= 4 is 6.03 Å². The van der Waals surface area contributed by atoms with Gasteiger partial charge in [-0.25, -0.2) is 4.79 Å². The van der Waals surface area contributed by atoms with E-state index >= 15 is 0 Å². The van der Waals surface area contributed by atoms with Gasteiger partial charge in [0.15, 0.2) is 0 Å². The summed E-state index contributed by atoms with van der Waals surface area (Å²) in [5.41, 5.74) is 5.13. The van der Waals surface area contributed by atoms with Crippen LogP contribution in [0.15, 0.2) is 0 Å². The van der Waals surface area contributed by atoms with E-state index in [-0.39, 0.29) is 6.03 Å². The fourth-order valence-corrected chi connectivity index (χ4v) is 1.18. The molecule has 4 heteroatoms. The second-order valence-electron chi connectivity index (χ2n) is 2.96. The summed E-state index contributed by atoms with van der Waals surface area (Å²) in [6.45, 7) is 4.72. The van der Waals surface area contributed by atoms with Gasteiger partial charge in [0.05, 0.1) is 13.2 Å². The van der Waals surface area contributed by atoms with Crippen LogP contribution in [-0.2, 0) is 4.74 Å². The molecule has 0 aromatic heterocycles. The molecule has 4 nitrogen and oxygen atoms in total. The third kappa shape index (κ3) is 2.38. The van der Waals surface area contributed by atoms with Crippen molar-refractivity contribution in [3.63, 3.8) is 0 Å². The molecule has 1 fully saturated rings. The molecule has 1 rings (SSSR count). The highest BCUT2D eigenvalue weighted by molar-refractivity contribution is 5.71. The molecule has 11 heavy (non-hydrogen) atoms. The van der Waals surface area contributed by atoms with Gasteiger partial charge in [-0.05, 0) is 5.92 Å². The Morgan fingerprint density at radius 3 is 3.09 bits per heavy atom. The molecule has 0 saturated carbocycles. The highest BCUT2D eigenvalue weighted by atomic mass is 16.5. The molecule has 1 aliphatic rings. The molecular formula is C7H14N2O2. The summed E-state index contributed by atoms with van der Waals surface area (Å²) in [7, 11) is 0. The summed E-state index contributed by atoms with van der Waals surface area (Å²) >= 11 is 0. The topological polar surface area (TPSA) is 55.6 Å². The first-order valence-electron chi connectivity index (χ1n) is 3.82. The minimum atomic E-state index is -0.345. The molecule has 2 N–H and O–H groups in total. The third-order valence-corrected chi connectivity index (χ3v) is 1.75. The van der Waals surface area contributed by atoms with Crippen LogP contribution in [0.1, 0.15) is 6.92 Å². The zero-order chi connectivity index (χ0) is 8.27. The number of nitrogens with two attached hydrogens (primary N) is 1. The minimum Gasteiger partial charge on any atom is -0.379 e. The molecule has 2 amide bonds. The second kappa shape index (κ2) is 3.57. The number of carbonyl (C=O) groups is 1. The molecule has 1 atom stereocenters.